The van der Waals surface area contributed by atoms with E-state index in [1.54, 1.807) is 0 Å². The van der Waals surface area contributed by atoms with E-state index >= 15 is 0 Å². The Morgan fingerprint density at radius 3 is 1.27 bits per heavy atom. The Morgan fingerprint density at radius 2 is 0.900 bits per heavy atom. The Hall–Kier alpha value is -6.25. The van der Waals surface area contributed by atoms with Gasteiger partial charge < -0.3 is 9.97 Å². The maximum Gasteiger partial charge on any atom is 0.325 e. The topological polar surface area (TPSA) is 223 Å². The number of rotatable bonds is 4. The molecule has 0 bridgehead atoms. The maximum atomic E-state index is 13.3. The smallest absolute Gasteiger partial charge is 0.312 e. The van der Waals surface area contributed by atoms with Gasteiger partial charge in [-0.1, -0.05) is 12.1 Å². The number of carbonyl (C=O) groups excluding carboxylic acids is 5. The number of anilines is 2. The van der Waals surface area contributed by atoms with Crippen molar-refractivity contribution in [3.63, 3.8) is 0 Å². The lowest BCUT2D eigenvalue weighted by molar-refractivity contribution is 0.0909. The summed E-state index contributed by atoms with van der Waals surface area (Å²) in [6.45, 7) is 0. The fourth-order valence-corrected chi connectivity index (χ4v) is 4.51. The molecule has 0 spiro atoms. The molecule has 0 aliphatic carbocycles. The number of nitrogens with one attached hydrogen (secondary N) is 4. The van der Waals surface area contributed by atoms with Crippen molar-refractivity contribution < 1.29 is 24.0 Å². The van der Waals surface area contributed by atoms with E-state index in [2.05, 4.69) is 9.97 Å². The fraction of sp³-hybridized carbons (Fsp3) is 0. The van der Waals surface area contributed by atoms with E-state index in [-0.39, 0.29) is 33.4 Å². The normalized spacial score (nSPS) is 14.1. The van der Waals surface area contributed by atoms with Crippen LogP contribution < -0.4 is 32.3 Å². The van der Waals surface area contributed by atoms with Gasteiger partial charge >= 0.3 is 11.4 Å². The number of imide groups is 2. The summed E-state index contributed by atoms with van der Waals surface area (Å²) in [5.41, 5.74) is -5.00. The number of fused-ring (bicyclic) bond motifs is 2. The molecule has 2 aliphatic heterocycles. The summed E-state index contributed by atoms with van der Waals surface area (Å²) in [4.78, 5) is 121. The fourth-order valence-electron chi connectivity index (χ4n) is 4.51. The van der Waals surface area contributed by atoms with Crippen molar-refractivity contribution in [1.29, 1.82) is 0 Å². The first-order chi connectivity index (χ1) is 19.1. The monoisotopic (exact) mass is 540 g/mol. The van der Waals surface area contributed by atoms with Crippen LogP contribution in [-0.2, 0) is 0 Å². The number of hydrogen-bond donors (Lipinski definition) is 4. The summed E-state index contributed by atoms with van der Waals surface area (Å²) >= 11 is 0. The van der Waals surface area contributed by atoms with E-state index in [1.807, 2.05) is 9.97 Å². The van der Waals surface area contributed by atoms with Crippen molar-refractivity contribution in [2.24, 2.45) is 0 Å². The van der Waals surface area contributed by atoms with Crippen LogP contribution in [0, 0.1) is 0 Å². The second-order valence-corrected chi connectivity index (χ2v) is 8.66. The van der Waals surface area contributed by atoms with Crippen LogP contribution in [0.4, 0.5) is 11.4 Å². The van der Waals surface area contributed by atoms with E-state index in [4.69, 9.17) is 0 Å². The van der Waals surface area contributed by atoms with Gasteiger partial charge in [0.1, 0.15) is 11.4 Å². The lowest BCUT2D eigenvalue weighted by Crippen LogP contribution is -2.36. The van der Waals surface area contributed by atoms with Gasteiger partial charge in [0.25, 0.3) is 34.7 Å². The summed E-state index contributed by atoms with van der Waals surface area (Å²) in [5.74, 6) is -4.13. The van der Waals surface area contributed by atoms with Crippen molar-refractivity contribution >= 4 is 40.8 Å². The predicted octanol–water partition coefficient (Wildman–Crippen LogP) is -0.728. The molecule has 2 aliphatic rings. The average Bonchev–Trinajstić information content (AvgIpc) is 3.32. The molecule has 15 heteroatoms. The molecule has 0 saturated heterocycles. The highest BCUT2D eigenvalue weighted by atomic mass is 16.2. The molecule has 2 aromatic heterocycles. The number of benzene rings is 2. The number of ketones is 1. The van der Waals surface area contributed by atoms with E-state index in [0.29, 0.717) is 9.80 Å². The van der Waals surface area contributed by atoms with Crippen molar-refractivity contribution in [3.05, 3.63) is 124 Å². The number of amides is 4. The van der Waals surface area contributed by atoms with Crippen LogP contribution in [-0.4, -0.2) is 49.3 Å². The van der Waals surface area contributed by atoms with Crippen molar-refractivity contribution in [1.82, 2.24) is 19.9 Å². The van der Waals surface area contributed by atoms with Crippen molar-refractivity contribution in [2.75, 3.05) is 9.80 Å². The molecule has 4 heterocycles. The zero-order valence-corrected chi connectivity index (χ0v) is 19.7. The van der Waals surface area contributed by atoms with Crippen molar-refractivity contribution in [2.45, 2.75) is 0 Å². The summed E-state index contributed by atoms with van der Waals surface area (Å²) in [6.07, 6.45) is 1.84. The first-order valence-electron chi connectivity index (χ1n) is 11.3. The largest absolute Gasteiger partial charge is 0.325 e. The first kappa shape index (κ1) is 24.1. The lowest BCUT2D eigenvalue weighted by Gasteiger charge is -2.11. The Bertz CT molecular complexity index is 1970. The first-order valence-corrected chi connectivity index (χ1v) is 11.3. The molecule has 196 valence electrons. The van der Waals surface area contributed by atoms with Crippen LogP contribution in [0.3, 0.4) is 0 Å². The van der Waals surface area contributed by atoms with Gasteiger partial charge in [-0.05, 0) is 24.3 Å². The number of hydrogen-bond acceptors (Lipinski definition) is 9. The second kappa shape index (κ2) is 8.38. The third kappa shape index (κ3) is 3.42. The van der Waals surface area contributed by atoms with Crippen LogP contribution in [0.2, 0.25) is 0 Å². The van der Waals surface area contributed by atoms with Gasteiger partial charge in [-0.15, -0.1) is 0 Å². The second-order valence-electron chi connectivity index (χ2n) is 8.66. The number of aromatic nitrogens is 4. The number of nitrogens with zero attached hydrogens (tertiary/aromatic N) is 2. The number of H-pyrrole nitrogens is 4. The molecular weight excluding hydrogens is 528 g/mol. The minimum absolute atomic E-state index is 0.0391. The van der Waals surface area contributed by atoms with E-state index in [9.17, 15) is 43.2 Å². The van der Waals surface area contributed by atoms with Crippen LogP contribution in [0.5, 0.6) is 0 Å². The Balaban J connectivity index is 1.34. The number of aromatic amines is 4. The van der Waals surface area contributed by atoms with Gasteiger partial charge in [0.05, 0.1) is 22.3 Å². The molecule has 0 saturated carbocycles. The molecule has 40 heavy (non-hydrogen) atoms. The van der Waals surface area contributed by atoms with Crippen molar-refractivity contribution in [3.8, 4) is 0 Å². The zero-order chi connectivity index (χ0) is 28.5. The molecule has 4 amide bonds. The summed E-state index contributed by atoms with van der Waals surface area (Å²) in [5, 5.41) is 0. The molecule has 6 rings (SSSR count). The molecule has 4 N–H and O–H groups in total. The molecule has 15 nitrogen and oxygen atoms in total. The minimum atomic E-state index is -0.968. The standard InChI is InChI=1S/C25H12N6O9/c32-17(9-1-3-11-13(5-9)22(37)30(20(11)35)15-7-26-24(39)28-18(15)33)10-2-4-12-14(6-10)23(38)31(21(12)36)16-8-27-25(40)29-19(16)34/h1-8H,(H2,26,28,33,39)(H2,27,29,34,40). The maximum absolute atomic E-state index is 13.3. The quantitative estimate of drug-likeness (QED) is 0.189. The highest BCUT2D eigenvalue weighted by Gasteiger charge is 2.40. The van der Waals surface area contributed by atoms with E-state index in [1.165, 1.54) is 24.3 Å². The molecule has 2 aromatic carbocycles. The third-order valence-electron chi connectivity index (χ3n) is 6.38. The SMILES string of the molecule is O=C(c1ccc2c(c1)C(=O)N(c1c[nH]c(=O)[nH]c1=O)C2=O)c1ccc2c(c1)C(=O)N(c1c[nH]c(=O)[nH]c1=O)C2=O. The summed E-state index contributed by atoms with van der Waals surface area (Å²) in [6, 6.07) is 7.33. The predicted molar refractivity (Wildman–Crippen MR) is 134 cm³/mol. The average molecular weight is 540 g/mol. The molecule has 4 aromatic rings. The Labute approximate surface area is 218 Å². The van der Waals surface area contributed by atoms with Gasteiger partial charge in [-0.2, -0.15) is 0 Å². The summed E-state index contributed by atoms with van der Waals surface area (Å²) in [7, 11) is 0. The van der Waals surface area contributed by atoms with Gasteiger partial charge in [-0.25, -0.2) is 19.4 Å². The third-order valence-corrected chi connectivity index (χ3v) is 6.38. The molecule has 0 unspecified atom stereocenters. The minimum Gasteiger partial charge on any atom is -0.312 e. The van der Waals surface area contributed by atoms with Gasteiger partial charge in [0, 0.05) is 23.5 Å². The van der Waals surface area contributed by atoms with Crippen LogP contribution in [0.1, 0.15) is 57.4 Å². The van der Waals surface area contributed by atoms with Crippen LogP contribution in [0.25, 0.3) is 0 Å². The molecular formula is C25H12N6O9. The van der Waals surface area contributed by atoms with Gasteiger partial charge in [-0.3, -0.25) is 43.5 Å². The van der Waals surface area contributed by atoms with Gasteiger partial charge in [0.15, 0.2) is 5.78 Å². The molecule has 0 fully saturated rings. The summed E-state index contributed by atoms with van der Waals surface area (Å²) < 4.78 is 0. The molecule has 0 radical (unpaired) electrons. The van der Waals surface area contributed by atoms with Crippen LogP contribution >= 0.6 is 0 Å². The highest BCUT2D eigenvalue weighted by Crippen LogP contribution is 2.30. The van der Waals surface area contributed by atoms with Gasteiger partial charge in [0.2, 0.25) is 0 Å². The van der Waals surface area contributed by atoms with Crippen LogP contribution in [0.15, 0.2) is 68.0 Å². The lowest BCUT2D eigenvalue weighted by atomic mass is 9.96. The van der Waals surface area contributed by atoms with E-state index < -0.39 is 63.3 Å². The van der Waals surface area contributed by atoms with E-state index in [0.717, 1.165) is 24.5 Å². The Kier molecular flexibility index (Phi) is 5.05. The highest BCUT2D eigenvalue weighted by molar-refractivity contribution is 6.36. The number of carbonyl (C=O) groups is 5. The molecule has 0 atom stereocenters. The Morgan fingerprint density at radius 1 is 0.525 bits per heavy atom. The zero-order valence-electron chi connectivity index (χ0n) is 19.7.